The predicted molar refractivity (Wildman–Crippen MR) is 59.6 cm³/mol. The van der Waals surface area contributed by atoms with Crippen LogP contribution in [-0.2, 0) is 9.47 Å². The van der Waals surface area contributed by atoms with E-state index in [0.717, 1.165) is 32.0 Å². The van der Waals surface area contributed by atoms with E-state index in [4.69, 9.17) is 9.47 Å². The Hall–Kier alpha value is -0.120. The molecule has 0 aromatic carbocycles. The van der Waals surface area contributed by atoms with Gasteiger partial charge in [0.15, 0.2) is 0 Å². The number of hydrogen-bond donors (Lipinski definition) is 1. The van der Waals surface area contributed by atoms with Gasteiger partial charge in [-0.15, -0.1) is 0 Å². The molecule has 0 bridgehead atoms. The van der Waals surface area contributed by atoms with Crippen molar-refractivity contribution in [1.82, 2.24) is 5.32 Å². The maximum Gasteiger partial charge on any atom is 0.0780 e. The van der Waals surface area contributed by atoms with E-state index in [1.807, 2.05) is 6.92 Å². The summed E-state index contributed by atoms with van der Waals surface area (Å²) in [6.45, 7) is 10.1. The van der Waals surface area contributed by atoms with Crippen LogP contribution in [0.15, 0.2) is 0 Å². The Kier molecular flexibility index (Phi) is 9.35. The second-order valence-electron chi connectivity index (χ2n) is 4.09. The summed E-state index contributed by atoms with van der Waals surface area (Å²) in [5.41, 5.74) is 0. The molecule has 14 heavy (non-hydrogen) atoms. The average molecular weight is 203 g/mol. The van der Waals surface area contributed by atoms with Crippen LogP contribution < -0.4 is 5.32 Å². The molecule has 86 valence electrons. The van der Waals surface area contributed by atoms with Gasteiger partial charge in [0.25, 0.3) is 0 Å². The Balaban J connectivity index is 3.05. The standard InChI is InChI=1S/C11H25NO2/c1-10(2)8-12-6-5-7-14-11(3)9-13-4/h10-12H,5-9H2,1-4H3. The molecule has 0 aliphatic rings. The topological polar surface area (TPSA) is 30.5 Å². The third-order valence-electron chi connectivity index (χ3n) is 1.85. The lowest BCUT2D eigenvalue weighted by Crippen LogP contribution is -2.23. The largest absolute Gasteiger partial charge is 0.382 e. The molecule has 1 unspecified atom stereocenters. The Bertz CT molecular complexity index is 118. The maximum atomic E-state index is 5.52. The van der Waals surface area contributed by atoms with Crippen LogP contribution in [0.4, 0.5) is 0 Å². The molecule has 0 aromatic rings. The van der Waals surface area contributed by atoms with Crippen LogP contribution in [0.1, 0.15) is 27.2 Å². The molecule has 0 fully saturated rings. The van der Waals surface area contributed by atoms with E-state index in [1.165, 1.54) is 0 Å². The van der Waals surface area contributed by atoms with Crippen molar-refractivity contribution in [2.24, 2.45) is 5.92 Å². The van der Waals surface area contributed by atoms with E-state index in [1.54, 1.807) is 7.11 Å². The summed E-state index contributed by atoms with van der Waals surface area (Å²) in [7, 11) is 1.70. The average Bonchev–Trinajstić information content (AvgIpc) is 2.11. The van der Waals surface area contributed by atoms with Gasteiger partial charge in [-0.2, -0.15) is 0 Å². The first-order valence-corrected chi connectivity index (χ1v) is 5.48. The molecule has 1 N–H and O–H groups in total. The Labute approximate surface area is 88.2 Å². The molecule has 0 heterocycles. The van der Waals surface area contributed by atoms with Crippen LogP contribution in [0.25, 0.3) is 0 Å². The van der Waals surface area contributed by atoms with E-state index >= 15 is 0 Å². The summed E-state index contributed by atoms with van der Waals surface area (Å²) in [4.78, 5) is 0. The third-order valence-corrected chi connectivity index (χ3v) is 1.85. The minimum atomic E-state index is 0.213. The maximum absolute atomic E-state index is 5.52. The summed E-state index contributed by atoms with van der Waals surface area (Å²) in [5, 5.41) is 3.38. The van der Waals surface area contributed by atoms with Crippen LogP contribution in [0, 0.1) is 5.92 Å². The van der Waals surface area contributed by atoms with Gasteiger partial charge >= 0.3 is 0 Å². The van der Waals surface area contributed by atoms with E-state index in [-0.39, 0.29) is 6.10 Å². The molecular formula is C11H25NO2. The van der Waals surface area contributed by atoms with Gasteiger partial charge < -0.3 is 14.8 Å². The first kappa shape index (κ1) is 13.9. The fourth-order valence-electron chi connectivity index (χ4n) is 1.16. The second-order valence-corrected chi connectivity index (χ2v) is 4.09. The fraction of sp³-hybridized carbons (Fsp3) is 1.00. The predicted octanol–water partition coefficient (Wildman–Crippen LogP) is 1.67. The number of methoxy groups -OCH3 is 1. The van der Waals surface area contributed by atoms with Crippen molar-refractivity contribution in [1.29, 1.82) is 0 Å². The molecule has 1 atom stereocenters. The van der Waals surface area contributed by atoms with E-state index in [0.29, 0.717) is 6.61 Å². The Morgan fingerprint density at radius 1 is 1.21 bits per heavy atom. The first-order valence-electron chi connectivity index (χ1n) is 5.48. The molecule has 0 rings (SSSR count). The van der Waals surface area contributed by atoms with Gasteiger partial charge in [-0.1, -0.05) is 13.8 Å². The zero-order chi connectivity index (χ0) is 10.8. The minimum Gasteiger partial charge on any atom is -0.382 e. The molecular weight excluding hydrogens is 178 g/mol. The lowest BCUT2D eigenvalue weighted by atomic mass is 10.2. The summed E-state index contributed by atoms with van der Waals surface area (Å²) in [5.74, 6) is 0.725. The number of ether oxygens (including phenoxy) is 2. The van der Waals surface area contributed by atoms with Crippen LogP contribution in [0.2, 0.25) is 0 Å². The SMILES string of the molecule is COCC(C)OCCCNCC(C)C. The van der Waals surface area contributed by atoms with Crippen LogP contribution in [0.3, 0.4) is 0 Å². The normalized spacial score (nSPS) is 13.5. The van der Waals surface area contributed by atoms with Crippen molar-refractivity contribution in [3.63, 3.8) is 0 Å². The molecule has 3 heteroatoms. The van der Waals surface area contributed by atoms with E-state index in [9.17, 15) is 0 Å². The van der Waals surface area contributed by atoms with Crippen molar-refractivity contribution >= 4 is 0 Å². The second kappa shape index (κ2) is 9.44. The van der Waals surface area contributed by atoms with Gasteiger partial charge in [0.05, 0.1) is 12.7 Å². The van der Waals surface area contributed by atoms with Gasteiger partial charge in [-0.25, -0.2) is 0 Å². The van der Waals surface area contributed by atoms with Crippen LogP contribution in [-0.4, -0.2) is 39.5 Å². The fourth-order valence-corrected chi connectivity index (χ4v) is 1.16. The molecule has 0 spiro atoms. The molecule has 0 aromatic heterocycles. The van der Waals surface area contributed by atoms with Crippen LogP contribution in [0.5, 0.6) is 0 Å². The molecule has 0 aliphatic heterocycles. The smallest absolute Gasteiger partial charge is 0.0780 e. The number of nitrogens with one attached hydrogen (secondary N) is 1. The highest BCUT2D eigenvalue weighted by Gasteiger charge is 1.99. The van der Waals surface area contributed by atoms with Gasteiger partial charge in [0, 0.05) is 13.7 Å². The third kappa shape index (κ3) is 9.96. The highest BCUT2D eigenvalue weighted by molar-refractivity contribution is 4.52. The van der Waals surface area contributed by atoms with Gasteiger partial charge in [-0.05, 0) is 32.4 Å². The lowest BCUT2D eigenvalue weighted by Gasteiger charge is -2.12. The summed E-state index contributed by atoms with van der Waals surface area (Å²) in [6.07, 6.45) is 1.28. The van der Waals surface area contributed by atoms with Crippen molar-refractivity contribution < 1.29 is 9.47 Å². The van der Waals surface area contributed by atoms with Crippen molar-refractivity contribution in [2.45, 2.75) is 33.3 Å². The number of hydrogen-bond acceptors (Lipinski definition) is 3. The van der Waals surface area contributed by atoms with E-state index < -0.39 is 0 Å². The molecule has 3 nitrogen and oxygen atoms in total. The first-order chi connectivity index (χ1) is 6.66. The Morgan fingerprint density at radius 2 is 1.93 bits per heavy atom. The zero-order valence-corrected chi connectivity index (χ0v) is 10.0. The van der Waals surface area contributed by atoms with Gasteiger partial charge in [0.1, 0.15) is 0 Å². The van der Waals surface area contributed by atoms with Crippen molar-refractivity contribution in [2.75, 3.05) is 33.4 Å². The lowest BCUT2D eigenvalue weighted by molar-refractivity contribution is 0.00838. The summed E-state index contributed by atoms with van der Waals surface area (Å²) in [6, 6.07) is 0. The highest BCUT2D eigenvalue weighted by atomic mass is 16.5. The molecule has 0 amide bonds. The number of rotatable bonds is 9. The molecule has 0 saturated heterocycles. The van der Waals surface area contributed by atoms with Crippen molar-refractivity contribution in [3.05, 3.63) is 0 Å². The highest BCUT2D eigenvalue weighted by Crippen LogP contribution is 1.93. The minimum absolute atomic E-state index is 0.213. The van der Waals surface area contributed by atoms with Crippen molar-refractivity contribution in [3.8, 4) is 0 Å². The molecule has 0 aliphatic carbocycles. The monoisotopic (exact) mass is 203 g/mol. The molecule has 0 saturated carbocycles. The van der Waals surface area contributed by atoms with E-state index in [2.05, 4.69) is 19.2 Å². The summed E-state index contributed by atoms with van der Waals surface area (Å²) < 4.78 is 10.5. The van der Waals surface area contributed by atoms with Gasteiger partial charge in [-0.3, -0.25) is 0 Å². The van der Waals surface area contributed by atoms with Gasteiger partial charge in [0.2, 0.25) is 0 Å². The van der Waals surface area contributed by atoms with Crippen LogP contribution >= 0.6 is 0 Å². The quantitative estimate of drug-likeness (QED) is 0.578. The Morgan fingerprint density at radius 3 is 2.50 bits per heavy atom. The summed E-state index contributed by atoms with van der Waals surface area (Å²) >= 11 is 0. The zero-order valence-electron chi connectivity index (χ0n) is 10.0. The molecule has 0 radical (unpaired) electrons.